The number of aliphatic hydroxyl groups is 1. The Bertz CT molecular complexity index is 502. The van der Waals surface area contributed by atoms with E-state index in [0.29, 0.717) is 24.4 Å². The number of aliphatic hydroxyl groups excluding tert-OH is 1. The lowest BCUT2D eigenvalue weighted by atomic mass is 10.0. The van der Waals surface area contributed by atoms with Crippen LogP contribution >= 0.6 is 0 Å². The van der Waals surface area contributed by atoms with Crippen molar-refractivity contribution in [2.45, 2.75) is 37.8 Å². The Kier molecular flexibility index (Phi) is 3.99. The van der Waals surface area contributed by atoms with Crippen LogP contribution in [0.3, 0.4) is 0 Å². The van der Waals surface area contributed by atoms with E-state index in [9.17, 15) is 9.90 Å². The molecule has 0 spiro atoms. The molecule has 3 rings (SSSR count). The van der Waals surface area contributed by atoms with Gasteiger partial charge in [-0.25, -0.2) is 0 Å². The SMILES string of the molecule is CN(CC(=O)Nc1cnn(C)c1)C1C[C@H]2CC(O)C[C@H]2C1. The monoisotopic (exact) mass is 292 g/mol. The van der Waals surface area contributed by atoms with Gasteiger partial charge in [0.2, 0.25) is 5.91 Å². The third kappa shape index (κ3) is 3.27. The number of nitrogens with one attached hydrogen (secondary N) is 1. The van der Waals surface area contributed by atoms with Crippen LogP contribution in [0.5, 0.6) is 0 Å². The summed E-state index contributed by atoms with van der Waals surface area (Å²) in [6.45, 7) is 0.404. The van der Waals surface area contributed by atoms with Crippen molar-refractivity contribution in [2.24, 2.45) is 18.9 Å². The molecule has 2 N–H and O–H groups in total. The second-order valence-electron chi connectivity index (χ2n) is 6.64. The summed E-state index contributed by atoms with van der Waals surface area (Å²) < 4.78 is 1.67. The summed E-state index contributed by atoms with van der Waals surface area (Å²) in [6, 6.07) is 0.465. The topological polar surface area (TPSA) is 70.4 Å². The summed E-state index contributed by atoms with van der Waals surface area (Å²) in [6.07, 6.45) is 7.45. The van der Waals surface area contributed by atoms with Gasteiger partial charge in [-0.3, -0.25) is 14.4 Å². The van der Waals surface area contributed by atoms with Crippen LogP contribution in [0.1, 0.15) is 25.7 Å². The number of nitrogens with zero attached hydrogens (tertiary/aromatic N) is 3. The maximum Gasteiger partial charge on any atom is 0.238 e. The summed E-state index contributed by atoms with van der Waals surface area (Å²) in [5.74, 6) is 1.30. The van der Waals surface area contributed by atoms with Gasteiger partial charge < -0.3 is 10.4 Å². The average Bonchev–Trinajstić information content (AvgIpc) is 3.03. The van der Waals surface area contributed by atoms with Gasteiger partial charge in [-0.05, 0) is 44.6 Å². The first-order valence-electron chi connectivity index (χ1n) is 7.68. The number of carbonyl (C=O) groups excluding carboxylic acids is 1. The molecule has 0 bridgehead atoms. The summed E-state index contributed by atoms with van der Waals surface area (Å²) >= 11 is 0. The Morgan fingerprint density at radius 3 is 2.67 bits per heavy atom. The number of likely N-dealkylation sites (N-methyl/N-ethyl adjacent to an activating group) is 1. The van der Waals surface area contributed by atoms with Crippen LogP contribution in [-0.2, 0) is 11.8 Å². The van der Waals surface area contributed by atoms with Crippen LogP contribution < -0.4 is 5.32 Å². The zero-order valence-electron chi connectivity index (χ0n) is 12.7. The Labute approximate surface area is 125 Å². The number of aryl methyl sites for hydroxylation is 1. The van der Waals surface area contributed by atoms with E-state index in [-0.39, 0.29) is 12.0 Å². The zero-order chi connectivity index (χ0) is 15.0. The Morgan fingerprint density at radius 1 is 1.43 bits per heavy atom. The predicted molar refractivity (Wildman–Crippen MR) is 79.7 cm³/mol. The molecule has 2 saturated carbocycles. The van der Waals surface area contributed by atoms with Crippen LogP contribution in [0.15, 0.2) is 12.4 Å². The van der Waals surface area contributed by atoms with Gasteiger partial charge in [0, 0.05) is 19.3 Å². The van der Waals surface area contributed by atoms with E-state index in [1.165, 1.54) is 0 Å². The smallest absolute Gasteiger partial charge is 0.238 e. The first-order valence-corrected chi connectivity index (χ1v) is 7.68. The summed E-state index contributed by atoms with van der Waals surface area (Å²) in [5, 5.41) is 16.6. The Balaban J connectivity index is 1.48. The fourth-order valence-corrected chi connectivity index (χ4v) is 3.95. The minimum absolute atomic E-state index is 0.00240. The number of anilines is 1. The van der Waals surface area contributed by atoms with Gasteiger partial charge in [0.05, 0.1) is 24.5 Å². The third-order valence-electron chi connectivity index (χ3n) is 4.97. The zero-order valence-corrected chi connectivity index (χ0v) is 12.7. The number of aromatic nitrogens is 2. The molecule has 2 aliphatic carbocycles. The van der Waals surface area contributed by atoms with Crippen LogP contribution in [0.25, 0.3) is 0 Å². The van der Waals surface area contributed by atoms with Crippen molar-refractivity contribution in [3.05, 3.63) is 12.4 Å². The molecule has 0 saturated heterocycles. The molecule has 0 aliphatic heterocycles. The van der Waals surface area contributed by atoms with Gasteiger partial charge in [-0.2, -0.15) is 5.10 Å². The molecule has 1 amide bonds. The molecular formula is C15H24N4O2. The standard InChI is InChI=1S/C15H24N4O2/c1-18(9-15(21)17-12-7-16-19(2)8-12)13-3-10-5-14(20)6-11(10)4-13/h7-8,10-11,13-14,20H,3-6,9H2,1-2H3,(H,17,21)/t10-,11+,13?,14?. The molecule has 21 heavy (non-hydrogen) atoms. The van der Waals surface area contributed by atoms with Crippen molar-refractivity contribution in [2.75, 3.05) is 18.9 Å². The Morgan fingerprint density at radius 2 is 2.10 bits per heavy atom. The fraction of sp³-hybridized carbons (Fsp3) is 0.733. The molecule has 0 aromatic carbocycles. The normalized spacial score (nSPS) is 31.6. The van der Waals surface area contributed by atoms with Gasteiger partial charge in [-0.15, -0.1) is 0 Å². The van der Waals surface area contributed by atoms with Crippen molar-refractivity contribution < 1.29 is 9.90 Å². The van der Waals surface area contributed by atoms with Crippen molar-refractivity contribution in [1.82, 2.24) is 14.7 Å². The van der Waals surface area contributed by atoms with Crippen LogP contribution in [0.2, 0.25) is 0 Å². The Hall–Kier alpha value is -1.40. The molecule has 1 aromatic rings. The minimum atomic E-state index is -0.0971. The number of carbonyl (C=O) groups is 1. The first-order chi connectivity index (χ1) is 10.0. The van der Waals surface area contributed by atoms with E-state index >= 15 is 0 Å². The van der Waals surface area contributed by atoms with E-state index < -0.39 is 0 Å². The molecule has 1 aromatic heterocycles. The third-order valence-corrected chi connectivity index (χ3v) is 4.97. The van der Waals surface area contributed by atoms with Gasteiger partial charge in [0.1, 0.15) is 0 Å². The van der Waals surface area contributed by atoms with Gasteiger partial charge >= 0.3 is 0 Å². The van der Waals surface area contributed by atoms with Crippen molar-refractivity contribution in [3.8, 4) is 0 Å². The van der Waals surface area contributed by atoms with Crippen molar-refractivity contribution in [1.29, 1.82) is 0 Å². The molecule has 116 valence electrons. The molecule has 6 heteroatoms. The molecule has 2 aliphatic rings. The molecule has 0 radical (unpaired) electrons. The number of rotatable bonds is 4. The van der Waals surface area contributed by atoms with E-state index in [0.717, 1.165) is 31.4 Å². The quantitative estimate of drug-likeness (QED) is 0.863. The first kappa shape index (κ1) is 14.5. The summed E-state index contributed by atoms with van der Waals surface area (Å²) in [4.78, 5) is 14.2. The molecule has 6 nitrogen and oxygen atoms in total. The van der Waals surface area contributed by atoms with Crippen LogP contribution in [0.4, 0.5) is 5.69 Å². The van der Waals surface area contributed by atoms with Crippen LogP contribution in [-0.4, -0.2) is 51.4 Å². The van der Waals surface area contributed by atoms with Crippen molar-refractivity contribution >= 4 is 11.6 Å². The number of amides is 1. The lowest BCUT2D eigenvalue weighted by molar-refractivity contribution is -0.117. The largest absolute Gasteiger partial charge is 0.393 e. The minimum Gasteiger partial charge on any atom is -0.393 e. The van der Waals surface area contributed by atoms with Crippen molar-refractivity contribution in [3.63, 3.8) is 0 Å². The molecule has 2 unspecified atom stereocenters. The van der Waals surface area contributed by atoms with E-state index in [1.807, 2.05) is 14.1 Å². The second kappa shape index (κ2) is 5.77. The average molecular weight is 292 g/mol. The maximum atomic E-state index is 12.1. The highest BCUT2D eigenvalue weighted by atomic mass is 16.3. The van der Waals surface area contributed by atoms with Gasteiger partial charge in [-0.1, -0.05) is 0 Å². The molecule has 1 heterocycles. The maximum absolute atomic E-state index is 12.1. The molecule has 4 atom stereocenters. The highest BCUT2D eigenvalue weighted by Gasteiger charge is 2.42. The van der Waals surface area contributed by atoms with E-state index in [2.05, 4.69) is 15.3 Å². The van der Waals surface area contributed by atoms with E-state index in [4.69, 9.17) is 0 Å². The number of hydrogen-bond donors (Lipinski definition) is 2. The van der Waals surface area contributed by atoms with Gasteiger partial charge in [0.15, 0.2) is 0 Å². The predicted octanol–water partition coefficient (Wildman–Crippen LogP) is 0.840. The van der Waals surface area contributed by atoms with Gasteiger partial charge in [0.25, 0.3) is 0 Å². The lowest BCUT2D eigenvalue weighted by Crippen LogP contribution is -2.37. The number of fused-ring (bicyclic) bond motifs is 1. The van der Waals surface area contributed by atoms with E-state index in [1.54, 1.807) is 17.1 Å². The summed E-state index contributed by atoms with van der Waals surface area (Å²) in [7, 11) is 3.85. The fourth-order valence-electron chi connectivity index (χ4n) is 3.95. The highest BCUT2D eigenvalue weighted by Crippen LogP contribution is 2.45. The molecule has 2 fully saturated rings. The summed E-state index contributed by atoms with van der Waals surface area (Å²) in [5.41, 5.74) is 0.738. The lowest BCUT2D eigenvalue weighted by Gasteiger charge is -2.24. The second-order valence-corrected chi connectivity index (χ2v) is 6.64. The highest BCUT2D eigenvalue weighted by molar-refractivity contribution is 5.91. The number of hydrogen-bond acceptors (Lipinski definition) is 4. The molecular weight excluding hydrogens is 268 g/mol. The van der Waals surface area contributed by atoms with Crippen LogP contribution in [0, 0.1) is 11.8 Å².